The molecule has 0 saturated heterocycles. The van der Waals surface area contributed by atoms with Crippen LogP contribution in [0.2, 0.25) is 0 Å². The molecule has 2 heterocycles. The number of allylic oxidation sites excluding steroid dienone is 13. The van der Waals surface area contributed by atoms with Gasteiger partial charge in [0.2, 0.25) is 11.8 Å². The molecule has 2 aromatic heterocycles. The van der Waals surface area contributed by atoms with Gasteiger partial charge in [-0.1, -0.05) is 105 Å². The molecular formula is C38H52N6O3. The molecule has 0 aromatic carbocycles. The lowest BCUT2D eigenvalue weighted by Gasteiger charge is -2.10. The highest BCUT2D eigenvalue weighted by Gasteiger charge is 2.17. The molecule has 9 nitrogen and oxygen atoms in total. The van der Waals surface area contributed by atoms with Crippen LogP contribution in [0.1, 0.15) is 89.6 Å². The Labute approximate surface area is 280 Å². The van der Waals surface area contributed by atoms with E-state index in [2.05, 4.69) is 53.0 Å². The van der Waals surface area contributed by atoms with E-state index < -0.39 is 5.91 Å². The van der Waals surface area contributed by atoms with Gasteiger partial charge in [-0.25, -0.2) is 4.98 Å². The number of carbonyl (C=O) groups excluding carboxylic acids is 2. The number of hydrogen-bond donors (Lipinski definition) is 2. The lowest BCUT2D eigenvalue weighted by atomic mass is 10.1. The Kier molecular flexibility index (Phi) is 20.6. The minimum absolute atomic E-state index is 0.0906. The van der Waals surface area contributed by atoms with Gasteiger partial charge < -0.3 is 15.2 Å². The summed E-state index contributed by atoms with van der Waals surface area (Å²) in [6.45, 7) is 20.0. The molecule has 2 amide bonds. The summed E-state index contributed by atoms with van der Waals surface area (Å²) in [5, 5.41) is 11.2. The van der Waals surface area contributed by atoms with Crippen molar-refractivity contribution in [1.29, 1.82) is 0 Å². The smallest absolute Gasteiger partial charge is 0.293 e. The number of hydrogen-bond acceptors (Lipinski definition) is 6. The van der Waals surface area contributed by atoms with Crippen molar-refractivity contribution in [1.82, 2.24) is 30.3 Å². The largest absolute Gasteiger partial charge is 0.355 e. The number of amides is 2. The minimum atomic E-state index is -0.496. The van der Waals surface area contributed by atoms with E-state index in [-0.39, 0.29) is 30.6 Å². The van der Waals surface area contributed by atoms with Crippen LogP contribution in [0.5, 0.6) is 0 Å². The van der Waals surface area contributed by atoms with Crippen LogP contribution < -0.4 is 21.3 Å². The molecule has 252 valence electrons. The van der Waals surface area contributed by atoms with Crippen molar-refractivity contribution in [2.45, 2.75) is 80.2 Å². The van der Waals surface area contributed by atoms with Gasteiger partial charge in [-0.15, -0.1) is 6.58 Å². The van der Waals surface area contributed by atoms with Crippen molar-refractivity contribution < 1.29 is 14.1 Å². The van der Waals surface area contributed by atoms with E-state index in [0.29, 0.717) is 25.2 Å². The van der Waals surface area contributed by atoms with Crippen molar-refractivity contribution in [2.75, 3.05) is 6.54 Å². The zero-order valence-electron chi connectivity index (χ0n) is 29.0. The van der Waals surface area contributed by atoms with Crippen molar-refractivity contribution in [3.05, 3.63) is 120 Å². The Hall–Kier alpha value is -5.05. The van der Waals surface area contributed by atoms with Gasteiger partial charge in [0, 0.05) is 25.1 Å². The molecule has 47 heavy (non-hydrogen) atoms. The van der Waals surface area contributed by atoms with Gasteiger partial charge in [0.1, 0.15) is 5.82 Å². The third-order valence-electron chi connectivity index (χ3n) is 6.28. The topological polar surface area (TPSA) is 115 Å². The molecule has 0 aliphatic heterocycles. The molecule has 0 aliphatic carbocycles. The van der Waals surface area contributed by atoms with Gasteiger partial charge in [-0.05, 0) is 57.8 Å². The summed E-state index contributed by atoms with van der Waals surface area (Å²) in [5.74, 6) is 0.180. The predicted molar refractivity (Wildman–Crippen MR) is 194 cm³/mol. The number of nitrogens with zero attached hydrogens (tertiary/aromatic N) is 4. The van der Waals surface area contributed by atoms with Crippen molar-refractivity contribution in [3.63, 3.8) is 0 Å². The van der Waals surface area contributed by atoms with E-state index in [1.807, 2.05) is 99.9 Å². The average Bonchev–Trinajstić information content (AvgIpc) is 3.70. The molecule has 2 rings (SSSR count). The Balaban J connectivity index is 0.00000541. The summed E-state index contributed by atoms with van der Waals surface area (Å²) >= 11 is 0. The first kappa shape index (κ1) is 40.0. The standard InChI is InChI=1S/C36H46N6O3.C2H6/c1-7-13-15-16-21-28(18-9-3)22-17-24-33(43)37-26-25-34-40-35(41-45-34)36(44)38-27-32-39-30(23-14-8-2)31(12-6)42(32)29(19-10-4)20-11-5;1-2/h7-8,10-13,15-20,22-23H,2,4,9,14,21,24-27H2,1,3,5-6H3,(H,37,43)(H,38,44);1-2H3/b13-7-,16-15-,20-11-,22-17-,28-18-,29-19+,30-23+,31-12+;. The van der Waals surface area contributed by atoms with E-state index in [9.17, 15) is 9.59 Å². The number of rotatable bonds is 18. The van der Waals surface area contributed by atoms with Gasteiger partial charge in [-0.2, -0.15) is 4.98 Å². The maximum atomic E-state index is 12.9. The molecule has 0 bridgehead atoms. The number of carbonyl (C=O) groups is 2. The summed E-state index contributed by atoms with van der Waals surface area (Å²) in [6, 6.07) is 0. The van der Waals surface area contributed by atoms with E-state index in [0.717, 1.165) is 34.8 Å². The van der Waals surface area contributed by atoms with Gasteiger partial charge >= 0.3 is 0 Å². The molecule has 0 radical (unpaired) electrons. The second-order valence-corrected chi connectivity index (χ2v) is 9.72. The summed E-state index contributed by atoms with van der Waals surface area (Å²) in [4.78, 5) is 34.2. The molecule has 0 saturated carbocycles. The first-order valence-corrected chi connectivity index (χ1v) is 16.2. The zero-order chi connectivity index (χ0) is 34.9. The highest BCUT2D eigenvalue weighted by molar-refractivity contribution is 5.90. The highest BCUT2D eigenvalue weighted by atomic mass is 16.5. The van der Waals surface area contributed by atoms with Crippen LogP contribution in [0, 0.1) is 0 Å². The molecule has 2 N–H and O–H groups in total. The summed E-state index contributed by atoms with van der Waals surface area (Å²) in [5.41, 5.74) is 2.01. The maximum absolute atomic E-state index is 12.9. The molecule has 0 spiro atoms. The maximum Gasteiger partial charge on any atom is 0.293 e. The van der Waals surface area contributed by atoms with Gasteiger partial charge in [0.05, 0.1) is 17.2 Å². The molecule has 0 atom stereocenters. The third kappa shape index (κ3) is 14.3. The van der Waals surface area contributed by atoms with Crippen LogP contribution in [-0.2, 0) is 17.8 Å². The van der Waals surface area contributed by atoms with Crippen LogP contribution in [0.25, 0.3) is 17.8 Å². The fraction of sp³-hybridized carbons (Fsp3) is 0.342. The van der Waals surface area contributed by atoms with E-state index >= 15 is 0 Å². The van der Waals surface area contributed by atoms with Crippen molar-refractivity contribution in [3.8, 4) is 0 Å². The minimum Gasteiger partial charge on any atom is -0.355 e. The SMILES string of the molecule is C=C/C=C(\C=C/C)n1c(CNC(=O)c2noc(CCNC(=O)C/C=C\C(=C/CC)C/C=C\C=C/C)n2)nc(=C/CC=C)/c1=C\C.CC. The molecule has 0 aliphatic rings. The van der Waals surface area contributed by atoms with E-state index in [1.54, 1.807) is 12.2 Å². The van der Waals surface area contributed by atoms with Crippen LogP contribution in [-0.4, -0.2) is 38.1 Å². The second kappa shape index (κ2) is 24.2. The van der Waals surface area contributed by atoms with E-state index in [4.69, 9.17) is 9.51 Å². The molecule has 2 aromatic rings. The average molecular weight is 641 g/mol. The lowest BCUT2D eigenvalue weighted by molar-refractivity contribution is -0.120. The third-order valence-corrected chi connectivity index (χ3v) is 6.28. The summed E-state index contributed by atoms with van der Waals surface area (Å²) < 4.78 is 7.22. The van der Waals surface area contributed by atoms with Gasteiger partial charge in [0.15, 0.2) is 0 Å². The first-order chi connectivity index (χ1) is 22.9. The van der Waals surface area contributed by atoms with Crippen LogP contribution in [0.15, 0.2) is 96.2 Å². The number of aromatic nitrogens is 4. The Morgan fingerprint density at radius 1 is 0.979 bits per heavy atom. The quantitative estimate of drug-likeness (QED) is 0.143. The molecule has 0 fully saturated rings. The van der Waals surface area contributed by atoms with Crippen molar-refractivity contribution in [2.24, 2.45) is 0 Å². The van der Waals surface area contributed by atoms with Crippen LogP contribution >= 0.6 is 0 Å². The van der Waals surface area contributed by atoms with Crippen LogP contribution in [0.4, 0.5) is 0 Å². The fourth-order valence-electron chi connectivity index (χ4n) is 4.29. The van der Waals surface area contributed by atoms with E-state index in [1.165, 1.54) is 0 Å². The van der Waals surface area contributed by atoms with Gasteiger partial charge in [-0.3, -0.25) is 14.2 Å². The Morgan fingerprint density at radius 3 is 2.43 bits per heavy atom. The van der Waals surface area contributed by atoms with Gasteiger partial charge in [0.25, 0.3) is 11.7 Å². The zero-order valence-corrected chi connectivity index (χ0v) is 29.0. The predicted octanol–water partition coefficient (Wildman–Crippen LogP) is 6.45. The Morgan fingerprint density at radius 2 is 1.77 bits per heavy atom. The first-order valence-electron chi connectivity index (χ1n) is 16.2. The lowest BCUT2D eigenvalue weighted by Crippen LogP contribution is -2.30. The molecule has 9 heteroatoms. The second-order valence-electron chi connectivity index (χ2n) is 9.72. The number of imidazole rings is 1. The van der Waals surface area contributed by atoms with Crippen molar-refractivity contribution >= 4 is 29.7 Å². The Bertz CT molecular complexity index is 1600. The summed E-state index contributed by atoms with van der Waals surface area (Å²) in [7, 11) is 0. The fourth-order valence-corrected chi connectivity index (χ4v) is 4.29. The molecule has 0 unspecified atom stereocenters. The van der Waals surface area contributed by atoms with Crippen LogP contribution in [0.3, 0.4) is 0 Å². The normalized spacial score (nSPS) is 13.1. The highest BCUT2D eigenvalue weighted by Crippen LogP contribution is 2.09. The number of nitrogens with one attached hydrogen (secondary N) is 2. The molecular weight excluding hydrogens is 588 g/mol. The summed E-state index contributed by atoms with van der Waals surface area (Å²) in [6.07, 6.45) is 30.2. The monoisotopic (exact) mass is 640 g/mol.